The van der Waals surface area contributed by atoms with Gasteiger partial charge in [-0.05, 0) is 19.1 Å². The molecular weight excluding hydrogens is 312 g/mol. The lowest BCUT2D eigenvalue weighted by atomic mass is 10.1. The van der Waals surface area contributed by atoms with Crippen LogP contribution in [-0.2, 0) is 13.7 Å². The number of thiazole rings is 1. The normalized spacial score (nSPS) is 12.6. The van der Waals surface area contributed by atoms with Crippen molar-refractivity contribution in [2.45, 2.75) is 13.5 Å². The number of aliphatic hydroxyl groups is 1. The largest absolute Gasteiger partial charge is 0.505 e. The molecule has 0 bridgehead atoms. The van der Waals surface area contributed by atoms with E-state index in [-0.39, 0.29) is 12.4 Å². The Bertz CT molecular complexity index is 956. The van der Waals surface area contributed by atoms with Crippen molar-refractivity contribution in [3.63, 3.8) is 0 Å². The Hall–Kier alpha value is -2.51. The highest BCUT2D eigenvalue weighted by Gasteiger charge is 2.09. The number of aryl methyl sites for hydroxylation is 2. The molecule has 0 radical (unpaired) electrons. The Kier molecular flexibility index (Phi) is 4.22. The van der Waals surface area contributed by atoms with Gasteiger partial charge in [0.1, 0.15) is 5.75 Å². The number of nitrogens with zero attached hydrogens (tertiary/aromatic N) is 4. The number of fused-ring (bicyclic) bond motifs is 1. The molecule has 0 saturated carbocycles. The molecule has 3 aromatic rings. The van der Waals surface area contributed by atoms with Crippen molar-refractivity contribution in [3.8, 4) is 5.75 Å². The fraction of sp³-hybridized carbons (Fsp3) is 0.188. The second kappa shape index (κ2) is 6.31. The van der Waals surface area contributed by atoms with Gasteiger partial charge in [0.25, 0.3) is 0 Å². The highest BCUT2D eigenvalue weighted by atomic mass is 32.1. The van der Waals surface area contributed by atoms with Crippen LogP contribution in [0.15, 0.2) is 40.7 Å². The molecule has 0 spiro atoms. The molecule has 2 heterocycles. The zero-order chi connectivity index (χ0) is 16.4. The molecule has 0 saturated heterocycles. The lowest BCUT2D eigenvalue weighted by Crippen LogP contribution is -2.09. The number of hydrogen-bond donors (Lipinski definition) is 2. The Morgan fingerprint density at radius 1 is 1.35 bits per heavy atom. The van der Waals surface area contributed by atoms with Gasteiger partial charge in [-0.2, -0.15) is 5.10 Å². The number of para-hydroxylation sites is 1. The summed E-state index contributed by atoms with van der Waals surface area (Å²) in [5, 5.41) is 27.7. The van der Waals surface area contributed by atoms with Gasteiger partial charge in [0.2, 0.25) is 4.80 Å². The molecule has 118 valence electrons. The molecular formula is C16H16N4O2S. The monoisotopic (exact) mass is 328 g/mol. The van der Waals surface area contributed by atoms with E-state index in [4.69, 9.17) is 0 Å². The molecule has 0 amide bonds. The van der Waals surface area contributed by atoms with Crippen LogP contribution in [0.4, 0.5) is 0 Å². The number of aliphatic hydroxyl groups excluding tert-OH is 1. The SMILES string of the molecule is Cc1ncc(CO)c(/C=N/N=c2sc3ccccc3n2C)c1O. The van der Waals surface area contributed by atoms with Gasteiger partial charge in [-0.3, -0.25) is 4.98 Å². The number of rotatable bonds is 3. The summed E-state index contributed by atoms with van der Waals surface area (Å²) in [6.07, 6.45) is 2.97. The summed E-state index contributed by atoms with van der Waals surface area (Å²) in [6, 6.07) is 8.02. The summed E-state index contributed by atoms with van der Waals surface area (Å²) in [5.41, 5.74) is 2.52. The van der Waals surface area contributed by atoms with Crippen molar-refractivity contribution in [1.82, 2.24) is 9.55 Å². The van der Waals surface area contributed by atoms with Crippen molar-refractivity contribution < 1.29 is 10.2 Å². The average Bonchev–Trinajstić information content (AvgIpc) is 2.88. The van der Waals surface area contributed by atoms with E-state index in [1.807, 2.05) is 35.9 Å². The first-order valence-electron chi connectivity index (χ1n) is 7.01. The zero-order valence-corrected chi connectivity index (χ0v) is 13.6. The summed E-state index contributed by atoms with van der Waals surface area (Å²) in [5.74, 6) is 0.0104. The third kappa shape index (κ3) is 2.88. The maximum atomic E-state index is 10.1. The number of aromatic nitrogens is 2. The van der Waals surface area contributed by atoms with Gasteiger partial charge in [-0.25, -0.2) is 0 Å². The van der Waals surface area contributed by atoms with Gasteiger partial charge in [-0.1, -0.05) is 23.5 Å². The summed E-state index contributed by atoms with van der Waals surface area (Å²) in [4.78, 5) is 4.76. The molecule has 0 atom stereocenters. The van der Waals surface area contributed by atoms with Crippen LogP contribution in [0.1, 0.15) is 16.8 Å². The van der Waals surface area contributed by atoms with E-state index < -0.39 is 0 Å². The van der Waals surface area contributed by atoms with Crippen molar-refractivity contribution in [3.05, 3.63) is 52.1 Å². The predicted octanol–water partition coefficient (Wildman–Crippen LogP) is 2.08. The highest BCUT2D eigenvalue weighted by molar-refractivity contribution is 7.16. The Labute approximate surface area is 136 Å². The molecule has 0 fully saturated rings. The van der Waals surface area contributed by atoms with Crippen LogP contribution < -0.4 is 4.80 Å². The topological polar surface area (TPSA) is 83.0 Å². The van der Waals surface area contributed by atoms with Gasteiger partial charge in [0.15, 0.2) is 0 Å². The fourth-order valence-electron chi connectivity index (χ4n) is 2.24. The third-order valence-electron chi connectivity index (χ3n) is 3.57. The maximum Gasteiger partial charge on any atom is 0.211 e. The minimum Gasteiger partial charge on any atom is -0.505 e. The molecule has 2 aromatic heterocycles. The van der Waals surface area contributed by atoms with Gasteiger partial charge in [0, 0.05) is 24.4 Å². The van der Waals surface area contributed by atoms with Crippen molar-refractivity contribution in [2.24, 2.45) is 17.3 Å². The third-order valence-corrected chi connectivity index (χ3v) is 4.68. The van der Waals surface area contributed by atoms with E-state index in [0.29, 0.717) is 16.8 Å². The molecule has 0 aliphatic heterocycles. The minimum atomic E-state index is -0.223. The van der Waals surface area contributed by atoms with Gasteiger partial charge in [-0.15, -0.1) is 5.10 Å². The molecule has 7 heteroatoms. The fourth-order valence-corrected chi connectivity index (χ4v) is 3.21. The van der Waals surface area contributed by atoms with Crippen molar-refractivity contribution in [1.29, 1.82) is 0 Å². The van der Waals surface area contributed by atoms with Crippen LogP contribution in [-0.4, -0.2) is 26.0 Å². The Morgan fingerprint density at radius 2 is 2.13 bits per heavy atom. The smallest absolute Gasteiger partial charge is 0.211 e. The van der Waals surface area contributed by atoms with Crippen molar-refractivity contribution in [2.75, 3.05) is 0 Å². The summed E-state index contributed by atoms with van der Waals surface area (Å²) >= 11 is 1.53. The first-order chi connectivity index (χ1) is 11.1. The molecule has 0 aliphatic carbocycles. The lowest BCUT2D eigenvalue weighted by molar-refractivity contribution is 0.280. The van der Waals surface area contributed by atoms with Crippen LogP contribution in [0.5, 0.6) is 5.75 Å². The maximum absolute atomic E-state index is 10.1. The highest BCUT2D eigenvalue weighted by Crippen LogP contribution is 2.22. The van der Waals surface area contributed by atoms with E-state index in [9.17, 15) is 10.2 Å². The number of aromatic hydroxyl groups is 1. The summed E-state index contributed by atoms with van der Waals surface area (Å²) in [6.45, 7) is 1.47. The quantitative estimate of drug-likeness (QED) is 0.570. The van der Waals surface area contributed by atoms with E-state index in [2.05, 4.69) is 15.2 Å². The molecule has 3 rings (SSSR count). The summed E-state index contributed by atoms with van der Waals surface area (Å²) < 4.78 is 3.09. The first kappa shape index (κ1) is 15.4. The van der Waals surface area contributed by atoms with Crippen molar-refractivity contribution >= 4 is 27.8 Å². The van der Waals surface area contributed by atoms with Crippen LogP contribution in [0.2, 0.25) is 0 Å². The van der Waals surface area contributed by atoms with E-state index in [1.54, 1.807) is 6.92 Å². The van der Waals surface area contributed by atoms with Crippen LogP contribution >= 0.6 is 11.3 Å². The molecule has 6 nitrogen and oxygen atoms in total. The van der Waals surface area contributed by atoms with Crippen LogP contribution in [0.25, 0.3) is 10.2 Å². The number of benzene rings is 1. The number of hydrogen-bond acceptors (Lipinski definition) is 6. The standard InChI is InChI=1S/C16H16N4O2S/c1-10-15(22)12(11(9-21)7-17-10)8-18-19-16-20(2)13-5-3-4-6-14(13)23-16/h3-8,21-22H,9H2,1-2H3/b18-8+,19-16?. The molecule has 1 aromatic carbocycles. The lowest BCUT2D eigenvalue weighted by Gasteiger charge is -2.06. The number of pyridine rings is 1. The molecule has 0 unspecified atom stereocenters. The van der Waals surface area contributed by atoms with E-state index in [1.165, 1.54) is 23.7 Å². The van der Waals surface area contributed by atoms with E-state index >= 15 is 0 Å². The Morgan fingerprint density at radius 3 is 2.87 bits per heavy atom. The Balaban J connectivity index is 2.03. The average molecular weight is 328 g/mol. The van der Waals surface area contributed by atoms with Gasteiger partial charge in [0.05, 0.1) is 28.7 Å². The first-order valence-corrected chi connectivity index (χ1v) is 7.83. The minimum absolute atomic E-state index is 0.0104. The summed E-state index contributed by atoms with van der Waals surface area (Å²) in [7, 11) is 1.93. The zero-order valence-electron chi connectivity index (χ0n) is 12.8. The second-order valence-corrected chi connectivity index (χ2v) is 6.05. The van der Waals surface area contributed by atoms with Gasteiger partial charge < -0.3 is 14.8 Å². The van der Waals surface area contributed by atoms with Crippen LogP contribution in [0, 0.1) is 6.92 Å². The van der Waals surface area contributed by atoms with Gasteiger partial charge >= 0.3 is 0 Å². The molecule has 23 heavy (non-hydrogen) atoms. The van der Waals surface area contributed by atoms with E-state index in [0.717, 1.165) is 15.0 Å². The molecule has 0 aliphatic rings. The predicted molar refractivity (Wildman–Crippen MR) is 90.5 cm³/mol. The molecule has 2 N–H and O–H groups in total. The van der Waals surface area contributed by atoms with Crippen LogP contribution in [0.3, 0.4) is 0 Å². The second-order valence-electron chi connectivity index (χ2n) is 5.05.